The fourth-order valence-corrected chi connectivity index (χ4v) is 3.13. The van der Waals surface area contributed by atoms with Crippen molar-refractivity contribution in [1.29, 1.82) is 0 Å². The van der Waals surface area contributed by atoms with Crippen molar-refractivity contribution in [3.63, 3.8) is 0 Å². The highest BCUT2D eigenvalue weighted by molar-refractivity contribution is 14.0. The summed E-state index contributed by atoms with van der Waals surface area (Å²) in [7, 11) is 0. The molecule has 3 rings (SSSR count). The predicted octanol–water partition coefficient (Wildman–Crippen LogP) is 3.73. The number of aliphatic imine (C=N–C) groups is 1. The molecule has 1 fully saturated rings. The summed E-state index contributed by atoms with van der Waals surface area (Å²) in [6.07, 6.45) is 0.145. The Hall–Kier alpha value is -2.04. The molecule has 0 radical (unpaired) electrons. The van der Waals surface area contributed by atoms with E-state index in [1.54, 1.807) is 0 Å². The van der Waals surface area contributed by atoms with Gasteiger partial charge < -0.3 is 25.3 Å². The second kappa shape index (κ2) is 13.4. The van der Waals surface area contributed by atoms with Gasteiger partial charge in [-0.2, -0.15) is 0 Å². The first-order valence-electron chi connectivity index (χ1n) is 10.4. The van der Waals surface area contributed by atoms with E-state index in [9.17, 15) is 0 Å². The molecule has 0 amide bonds. The van der Waals surface area contributed by atoms with E-state index < -0.39 is 0 Å². The quantitative estimate of drug-likeness (QED) is 0.287. The van der Waals surface area contributed by atoms with Gasteiger partial charge in [-0.05, 0) is 44.2 Å². The molecule has 0 spiro atoms. The van der Waals surface area contributed by atoms with E-state index in [1.165, 1.54) is 0 Å². The molecule has 0 unspecified atom stereocenters. The van der Waals surface area contributed by atoms with Crippen molar-refractivity contribution in [2.24, 2.45) is 10.7 Å². The summed E-state index contributed by atoms with van der Waals surface area (Å²) in [5.74, 6) is 2.03. The van der Waals surface area contributed by atoms with E-state index in [4.69, 9.17) is 19.9 Å². The molecule has 0 atom stereocenters. The molecule has 170 valence electrons. The molecule has 1 aliphatic heterocycles. The van der Waals surface area contributed by atoms with Gasteiger partial charge in [0.2, 0.25) is 0 Å². The van der Waals surface area contributed by atoms with Crippen LogP contribution >= 0.6 is 24.0 Å². The molecule has 0 aliphatic carbocycles. The van der Waals surface area contributed by atoms with Crippen LogP contribution in [0.25, 0.3) is 0 Å². The van der Waals surface area contributed by atoms with Crippen LogP contribution in [0.2, 0.25) is 0 Å². The van der Waals surface area contributed by atoms with Crippen LogP contribution in [0.15, 0.2) is 53.5 Å². The topological polar surface area (TPSA) is 81.3 Å². The van der Waals surface area contributed by atoms with Gasteiger partial charge in [0.1, 0.15) is 18.1 Å². The van der Waals surface area contributed by atoms with Gasteiger partial charge in [-0.1, -0.05) is 18.2 Å². The van der Waals surface area contributed by atoms with Crippen LogP contribution in [-0.2, 0) is 11.3 Å². The lowest BCUT2D eigenvalue weighted by molar-refractivity contribution is 0.0322. The molecule has 0 saturated carbocycles. The Kier molecular flexibility index (Phi) is 10.9. The highest BCUT2D eigenvalue weighted by Crippen LogP contribution is 2.20. The summed E-state index contributed by atoms with van der Waals surface area (Å²) in [5.41, 5.74) is 7.94. The van der Waals surface area contributed by atoms with E-state index in [0.717, 1.165) is 55.6 Å². The molecular formula is C23H33IN4O3. The number of halogens is 1. The molecule has 1 aliphatic rings. The number of hydrogen-bond acceptors (Lipinski definition) is 5. The number of para-hydroxylation sites is 1. The summed E-state index contributed by atoms with van der Waals surface area (Å²) in [5, 5.41) is 3.11. The molecule has 0 bridgehead atoms. The molecule has 2 aromatic carbocycles. The first-order valence-corrected chi connectivity index (χ1v) is 10.4. The minimum absolute atomic E-state index is 0. The molecule has 2 aromatic rings. The van der Waals surface area contributed by atoms with Gasteiger partial charge >= 0.3 is 0 Å². The lowest BCUT2D eigenvalue weighted by Gasteiger charge is -2.26. The molecule has 3 N–H and O–H groups in total. The molecule has 1 saturated heterocycles. The third-order valence-electron chi connectivity index (χ3n) is 4.66. The Morgan fingerprint density at radius 3 is 2.55 bits per heavy atom. The van der Waals surface area contributed by atoms with E-state index >= 15 is 0 Å². The van der Waals surface area contributed by atoms with Gasteiger partial charge in [0.15, 0.2) is 5.96 Å². The zero-order chi connectivity index (χ0) is 21.2. The van der Waals surface area contributed by atoms with Crippen LogP contribution in [0.3, 0.4) is 0 Å². The van der Waals surface area contributed by atoms with Crippen molar-refractivity contribution < 1.29 is 14.2 Å². The number of anilines is 1. The van der Waals surface area contributed by atoms with Gasteiger partial charge in [0.05, 0.1) is 25.9 Å². The summed E-state index contributed by atoms with van der Waals surface area (Å²) < 4.78 is 17.0. The van der Waals surface area contributed by atoms with Crippen LogP contribution in [-0.4, -0.2) is 56.4 Å². The second-order valence-electron chi connectivity index (χ2n) is 7.43. The molecule has 31 heavy (non-hydrogen) atoms. The number of nitrogens with one attached hydrogen (secondary N) is 1. The van der Waals surface area contributed by atoms with Crippen LogP contribution in [0.1, 0.15) is 19.4 Å². The minimum atomic E-state index is 0. The first-order chi connectivity index (χ1) is 14.6. The van der Waals surface area contributed by atoms with Gasteiger partial charge in [0, 0.05) is 30.9 Å². The third kappa shape index (κ3) is 8.92. The zero-order valence-electron chi connectivity index (χ0n) is 18.3. The van der Waals surface area contributed by atoms with Gasteiger partial charge in [0.25, 0.3) is 0 Å². The van der Waals surface area contributed by atoms with Crippen molar-refractivity contribution in [2.75, 3.05) is 44.8 Å². The number of benzene rings is 2. The van der Waals surface area contributed by atoms with Gasteiger partial charge in [-0.25, -0.2) is 4.99 Å². The second-order valence-corrected chi connectivity index (χ2v) is 7.43. The van der Waals surface area contributed by atoms with Gasteiger partial charge in [-0.3, -0.25) is 4.90 Å². The fraction of sp³-hybridized carbons (Fsp3) is 0.435. The zero-order valence-corrected chi connectivity index (χ0v) is 20.6. The molecular weight excluding hydrogens is 507 g/mol. The molecule has 7 nitrogen and oxygen atoms in total. The van der Waals surface area contributed by atoms with Crippen molar-refractivity contribution in [3.05, 3.63) is 54.1 Å². The Morgan fingerprint density at radius 1 is 1.13 bits per heavy atom. The Labute approximate surface area is 202 Å². The van der Waals surface area contributed by atoms with Crippen LogP contribution in [0.5, 0.6) is 11.5 Å². The maximum absolute atomic E-state index is 6.07. The number of morpholine rings is 1. The van der Waals surface area contributed by atoms with Crippen LogP contribution in [0, 0.1) is 0 Å². The van der Waals surface area contributed by atoms with E-state index in [2.05, 4.69) is 15.2 Å². The number of ether oxygens (including phenoxy) is 3. The first kappa shape index (κ1) is 25.2. The van der Waals surface area contributed by atoms with Crippen molar-refractivity contribution in [3.8, 4) is 11.5 Å². The summed E-state index contributed by atoms with van der Waals surface area (Å²) in [4.78, 5) is 6.82. The van der Waals surface area contributed by atoms with Crippen molar-refractivity contribution >= 4 is 35.6 Å². The summed E-state index contributed by atoms with van der Waals surface area (Å²) >= 11 is 0. The maximum Gasteiger partial charge on any atom is 0.193 e. The van der Waals surface area contributed by atoms with E-state index in [0.29, 0.717) is 19.1 Å². The lowest BCUT2D eigenvalue weighted by Crippen LogP contribution is -2.38. The SMILES string of the molecule is CC(C)Oc1ccc(NC(N)=NCc2ccccc2OCCN2CCOCC2)cc1.I. The predicted molar refractivity (Wildman–Crippen MR) is 136 cm³/mol. The highest BCUT2D eigenvalue weighted by Gasteiger charge is 2.10. The minimum Gasteiger partial charge on any atom is -0.492 e. The number of hydrogen-bond donors (Lipinski definition) is 2. The number of guanidine groups is 1. The Morgan fingerprint density at radius 2 is 1.84 bits per heavy atom. The Balaban J connectivity index is 0.00000341. The van der Waals surface area contributed by atoms with Crippen molar-refractivity contribution in [2.45, 2.75) is 26.5 Å². The van der Waals surface area contributed by atoms with E-state index in [1.807, 2.05) is 62.4 Å². The third-order valence-corrected chi connectivity index (χ3v) is 4.66. The maximum atomic E-state index is 6.07. The van der Waals surface area contributed by atoms with Crippen LogP contribution < -0.4 is 20.5 Å². The van der Waals surface area contributed by atoms with E-state index in [-0.39, 0.29) is 30.1 Å². The average molecular weight is 540 g/mol. The average Bonchev–Trinajstić information content (AvgIpc) is 2.75. The molecule has 1 heterocycles. The number of rotatable bonds is 9. The monoisotopic (exact) mass is 540 g/mol. The number of nitrogens with two attached hydrogens (primary N) is 1. The number of nitrogens with zero attached hydrogens (tertiary/aromatic N) is 2. The lowest BCUT2D eigenvalue weighted by atomic mass is 10.2. The smallest absolute Gasteiger partial charge is 0.193 e. The molecule has 8 heteroatoms. The fourth-order valence-electron chi connectivity index (χ4n) is 3.13. The standard InChI is InChI=1S/C23H32N4O3.HI/c1-18(2)30-21-9-7-20(8-10-21)26-23(24)25-17-19-5-3-4-6-22(19)29-16-13-27-11-14-28-15-12-27;/h3-10,18H,11-17H2,1-2H3,(H3,24,25,26);1H. The summed E-state index contributed by atoms with van der Waals surface area (Å²) in [6, 6.07) is 15.6. The van der Waals surface area contributed by atoms with Crippen molar-refractivity contribution in [1.82, 2.24) is 4.90 Å². The summed E-state index contributed by atoms with van der Waals surface area (Å²) in [6.45, 7) is 9.49. The Bertz CT molecular complexity index is 809. The molecule has 0 aromatic heterocycles. The van der Waals surface area contributed by atoms with Crippen LogP contribution in [0.4, 0.5) is 5.69 Å². The largest absolute Gasteiger partial charge is 0.492 e. The highest BCUT2D eigenvalue weighted by atomic mass is 127. The van der Waals surface area contributed by atoms with Gasteiger partial charge in [-0.15, -0.1) is 24.0 Å². The normalized spacial score (nSPS) is 14.7.